The van der Waals surface area contributed by atoms with E-state index < -0.39 is 6.10 Å². The van der Waals surface area contributed by atoms with Gasteiger partial charge in [0.2, 0.25) is 0 Å². The maximum atomic E-state index is 12.6. The van der Waals surface area contributed by atoms with E-state index in [0.29, 0.717) is 22.7 Å². The molecule has 0 bridgehead atoms. The second-order valence-corrected chi connectivity index (χ2v) is 6.55. The van der Waals surface area contributed by atoms with Crippen LogP contribution in [-0.4, -0.2) is 22.9 Å². The van der Waals surface area contributed by atoms with Crippen molar-refractivity contribution in [3.63, 3.8) is 0 Å². The number of hydrogen-bond acceptors (Lipinski definition) is 3. The predicted molar refractivity (Wildman–Crippen MR) is 101 cm³/mol. The lowest BCUT2D eigenvalue weighted by molar-refractivity contribution is -0.122. The molecule has 1 aliphatic heterocycles. The molecule has 1 aromatic heterocycles. The first kappa shape index (κ1) is 16.2. The highest BCUT2D eigenvalue weighted by molar-refractivity contribution is 6.07. The first-order chi connectivity index (χ1) is 12.4. The van der Waals surface area contributed by atoms with Crippen LogP contribution in [-0.2, 0) is 4.79 Å². The summed E-state index contributed by atoms with van der Waals surface area (Å²) in [7, 11) is 0. The quantitative estimate of drug-likeness (QED) is 0.659. The zero-order valence-corrected chi connectivity index (χ0v) is 14.8. The monoisotopic (exact) mass is 349 g/mol. The minimum Gasteiger partial charge on any atom is -0.479 e. The lowest BCUT2D eigenvalue weighted by atomic mass is 10.1. The number of aryl methyl sites for hydroxylation is 2. The minimum atomic E-state index is -0.525. The summed E-state index contributed by atoms with van der Waals surface area (Å²) in [6.45, 7) is 5.73. The summed E-state index contributed by atoms with van der Waals surface area (Å²) in [4.78, 5) is 27.7. The van der Waals surface area contributed by atoms with Gasteiger partial charge in [-0.15, -0.1) is 0 Å². The van der Waals surface area contributed by atoms with Crippen LogP contribution in [0.5, 0.6) is 5.75 Å². The van der Waals surface area contributed by atoms with Crippen molar-refractivity contribution in [1.29, 1.82) is 0 Å². The largest absolute Gasteiger partial charge is 0.479 e. The van der Waals surface area contributed by atoms with E-state index in [4.69, 9.17) is 4.74 Å². The van der Waals surface area contributed by atoms with Crippen LogP contribution in [0.4, 0.5) is 11.4 Å². The smallest absolute Gasteiger partial charge is 0.265 e. The summed E-state index contributed by atoms with van der Waals surface area (Å²) in [5.41, 5.74) is 4.97. The minimum absolute atomic E-state index is 0.204. The van der Waals surface area contributed by atoms with Gasteiger partial charge < -0.3 is 20.4 Å². The molecule has 1 atom stereocenters. The number of H-pyrrole nitrogens is 1. The number of ether oxygens (including phenoxy) is 1. The summed E-state index contributed by atoms with van der Waals surface area (Å²) in [5, 5.41) is 6.68. The van der Waals surface area contributed by atoms with Crippen molar-refractivity contribution in [3.05, 3.63) is 53.2 Å². The zero-order valence-electron chi connectivity index (χ0n) is 14.8. The molecule has 0 radical (unpaired) electrons. The van der Waals surface area contributed by atoms with Crippen molar-refractivity contribution in [1.82, 2.24) is 4.98 Å². The molecule has 0 unspecified atom stereocenters. The maximum Gasteiger partial charge on any atom is 0.265 e. The first-order valence-electron chi connectivity index (χ1n) is 8.44. The van der Waals surface area contributed by atoms with E-state index >= 15 is 0 Å². The van der Waals surface area contributed by atoms with Crippen LogP contribution in [0.2, 0.25) is 0 Å². The van der Waals surface area contributed by atoms with E-state index in [2.05, 4.69) is 15.6 Å². The van der Waals surface area contributed by atoms with Gasteiger partial charge in [-0.2, -0.15) is 0 Å². The van der Waals surface area contributed by atoms with Crippen LogP contribution < -0.4 is 15.4 Å². The van der Waals surface area contributed by atoms with Gasteiger partial charge in [0.15, 0.2) is 6.10 Å². The van der Waals surface area contributed by atoms with Crippen molar-refractivity contribution in [2.45, 2.75) is 26.9 Å². The Morgan fingerprint density at radius 1 is 1.15 bits per heavy atom. The van der Waals surface area contributed by atoms with E-state index in [1.165, 1.54) is 0 Å². The van der Waals surface area contributed by atoms with Crippen LogP contribution in [0.15, 0.2) is 36.4 Å². The van der Waals surface area contributed by atoms with Gasteiger partial charge in [-0.25, -0.2) is 0 Å². The lowest BCUT2D eigenvalue weighted by Crippen LogP contribution is -2.34. The third-order valence-corrected chi connectivity index (χ3v) is 4.74. The molecule has 2 heterocycles. The molecule has 0 fully saturated rings. The fourth-order valence-corrected chi connectivity index (χ4v) is 3.09. The molecule has 3 N–H and O–H groups in total. The Labute approximate surface area is 150 Å². The Hall–Kier alpha value is -3.28. The number of carbonyl (C=O) groups excluding carboxylic acids is 2. The van der Waals surface area contributed by atoms with E-state index in [1.807, 2.05) is 26.0 Å². The number of rotatable bonds is 2. The van der Waals surface area contributed by atoms with Crippen LogP contribution in [0.1, 0.15) is 28.5 Å². The third kappa shape index (κ3) is 2.69. The Balaban J connectivity index is 1.59. The number of amides is 2. The van der Waals surface area contributed by atoms with Crippen LogP contribution in [0.3, 0.4) is 0 Å². The number of aromatic amines is 1. The van der Waals surface area contributed by atoms with Gasteiger partial charge in [-0.3, -0.25) is 9.59 Å². The Morgan fingerprint density at radius 2 is 1.96 bits per heavy atom. The number of fused-ring (bicyclic) bond motifs is 2. The molecule has 6 heteroatoms. The first-order valence-corrected chi connectivity index (χ1v) is 8.44. The summed E-state index contributed by atoms with van der Waals surface area (Å²) >= 11 is 0. The van der Waals surface area contributed by atoms with Crippen LogP contribution in [0, 0.1) is 13.8 Å². The Bertz CT molecular complexity index is 1050. The highest BCUT2D eigenvalue weighted by atomic mass is 16.5. The molecule has 0 aliphatic carbocycles. The van der Waals surface area contributed by atoms with Gasteiger partial charge in [-0.05, 0) is 62.7 Å². The molecule has 26 heavy (non-hydrogen) atoms. The van der Waals surface area contributed by atoms with E-state index in [0.717, 1.165) is 22.2 Å². The fourth-order valence-electron chi connectivity index (χ4n) is 3.09. The normalized spacial score (nSPS) is 16.0. The van der Waals surface area contributed by atoms with Crippen molar-refractivity contribution in [2.24, 2.45) is 0 Å². The summed E-state index contributed by atoms with van der Waals surface area (Å²) in [5.74, 6) is 0.182. The zero-order chi connectivity index (χ0) is 18.4. The molecule has 3 aromatic rings. The molecule has 132 valence electrons. The number of anilines is 2. The number of hydrogen-bond donors (Lipinski definition) is 3. The second kappa shape index (κ2) is 5.91. The van der Waals surface area contributed by atoms with E-state index in [-0.39, 0.29) is 11.8 Å². The van der Waals surface area contributed by atoms with Gasteiger partial charge in [0.1, 0.15) is 5.75 Å². The summed E-state index contributed by atoms with van der Waals surface area (Å²) < 4.78 is 5.52. The molecular formula is C20H19N3O3. The predicted octanol–water partition coefficient (Wildman–Crippen LogP) is 3.76. The van der Waals surface area contributed by atoms with Gasteiger partial charge in [-0.1, -0.05) is 0 Å². The van der Waals surface area contributed by atoms with Crippen LogP contribution in [0.25, 0.3) is 10.9 Å². The van der Waals surface area contributed by atoms with Gasteiger partial charge in [0.25, 0.3) is 11.8 Å². The highest BCUT2D eigenvalue weighted by Gasteiger charge is 2.23. The Morgan fingerprint density at radius 3 is 2.77 bits per heavy atom. The van der Waals surface area contributed by atoms with E-state index in [1.54, 1.807) is 31.2 Å². The molecule has 2 amide bonds. The Kier molecular flexibility index (Phi) is 3.68. The van der Waals surface area contributed by atoms with Crippen molar-refractivity contribution >= 4 is 34.1 Å². The second-order valence-electron chi connectivity index (χ2n) is 6.55. The van der Waals surface area contributed by atoms with Gasteiger partial charge in [0, 0.05) is 27.8 Å². The SMILES string of the molecule is Cc1[nH]c2ccc(C(=O)Nc3ccc4c(c3)NC(=O)[C@@H](C)O4)cc2c1C. The van der Waals surface area contributed by atoms with Gasteiger partial charge in [0.05, 0.1) is 5.69 Å². The van der Waals surface area contributed by atoms with Gasteiger partial charge >= 0.3 is 0 Å². The molecule has 0 saturated carbocycles. The molecule has 1 aliphatic rings. The summed E-state index contributed by atoms with van der Waals surface area (Å²) in [6, 6.07) is 10.8. The van der Waals surface area contributed by atoms with Crippen LogP contribution >= 0.6 is 0 Å². The molecular weight excluding hydrogens is 330 g/mol. The lowest BCUT2D eigenvalue weighted by Gasteiger charge is -2.23. The molecule has 2 aromatic carbocycles. The average molecular weight is 349 g/mol. The summed E-state index contributed by atoms with van der Waals surface area (Å²) in [6.07, 6.45) is -0.525. The number of benzene rings is 2. The molecule has 0 spiro atoms. The van der Waals surface area contributed by atoms with Crippen molar-refractivity contribution < 1.29 is 14.3 Å². The van der Waals surface area contributed by atoms with Crippen molar-refractivity contribution in [2.75, 3.05) is 10.6 Å². The van der Waals surface area contributed by atoms with E-state index in [9.17, 15) is 9.59 Å². The molecule has 0 saturated heterocycles. The molecule has 6 nitrogen and oxygen atoms in total. The average Bonchev–Trinajstić information content (AvgIpc) is 2.90. The fraction of sp³-hybridized carbons (Fsp3) is 0.200. The highest BCUT2D eigenvalue weighted by Crippen LogP contribution is 2.32. The van der Waals surface area contributed by atoms with Crippen molar-refractivity contribution in [3.8, 4) is 5.75 Å². The number of nitrogens with one attached hydrogen (secondary N) is 3. The number of carbonyl (C=O) groups is 2. The standard InChI is InChI=1S/C20H19N3O3/c1-10-11(2)21-16-6-4-13(8-15(10)16)20(25)22-14-5-7-18-17(9-14)23-19(24)12(3)26-18/h4-9,12,21H,1-3H3,(H,22,25)(H,23,24)/t12-/m1/s1. The molecule has 4 rings (SSSR count). The third-order valence-electron chi connectivity index (χ3n) is 4.74. The maximum absolute atomic E-state index is 12.6. The topological polar surface area (TPSA) is 83.2 Å². The number of aromatic nitrogens is 1.